The van der Waals surface area contributed by atoms with Crippen molar-refractivity contribution < 1.29 is 28.5 Å². The van der Waals surface area contributed by atoms with Gasteiger partial charge in [0.15, 0.2) is 0 Å². The Labute approximate surface area is 148 Å². The second-order valence-electron chi connectivity index (χ2n) is 6.37. The minimum Gasteiger partial charge on any atom is -0.491 e. The molecule has 1 unspecified atom stereocenters. The Morgan fingerprint density at radius 1 is 1.08 bits per heavy atom. The number of ether oxygens (including phenoxy) is 4. The number of benzene rings is 1. The van der Waals surface area contributed by atoms with Gasteiger partial charge in [-0.25, -0.2) is 4.79 Å². The molecule has 1 atom stereocenters. The Kier molecular flexibility index (Phi) is 8.21. The maximum Gasteiger partial charge on any atom is 0.407 e. The normalized spacial score (nSPS) is 12.2. The first-order chi connectivity index (χ1) is 11.8. The summed E-state index contributed by atoms with van der Waals surface area (Å²) >= 11 is 0. The highest BCUT2D eigenvalue weighted by atomic mass is 16.6. The van der Waals surface area contributed by atoms with Gasteiger partial charge in [0.25, 0.3) is 0 Å². The number of hydrogen-bond acceptors (Lipinski definition) is 6. The molecule has 1 aromatic rings. The largest absolute Gasteiger partial charge is 0.491 e. The highest BCUT2D eigenvalue weighted by Crippen LogP contribution is 2.21. The van der Waals surface area contributed by atoms with Gasteiger partial charge in [0.1, 0.15) is 18.0 Å². The molecule has 0 saturated carbocycles. The van der Waals surface area contributed by atoms with Crippen molar-refractivity contribution in [1.82, 2.24) is 5.32 Å². The number of carbonyl (C=O) groups excluding carboxylic acids is 2. The van der Waals surface area contributed by atoms with Crippen LogP contribution < -0.4 is 10.1 Å². The van der Waals surface area contributed by atoms with Gasteiger partial charge >= 0.3 is 12.1 Å². The minimum absolute atomic E-state index is 0.0749. The summed E-state index contributed by atoms with van der Waals surface area (Å²) in [4.78, 5) is 23.8. The van der Waals surface area contributed by atoms with E-state index in [1.807, 2.05) is 0 Å². The Morgan fingerprint density at radius 2 is 1.72 bits per heavy atom. The third-order valence-corrected chi connectivity index (χ3v) is 3.17. The zero-order valence-electron chi connectivity index (χ0n) is 15.5. The van der Waals surface area contributed by atoms with Crippen molar-refractivity contribution in [3.8, 4) is 5.75 Å². The molecule has 25 heavy (non-hydrogen) atoms. The second-order valence-corrected chi connectivity index (χ2v) is 6.37. The van der Waals surface area contributed by atoms with Crippen molar-refractivity contribution >= 4 is 12.1 Å². The Hall–Kier alpha value is -2.28. The molecule has 1 aromatic carbocycles. The highest BCUT2D eigenvalue weighted by Gasteiger charge is 2.24. The molecule has 0 radical (unpaired) electrons. The van der Waals surface area contributed by atoms with Gasteiger partial charge in [-0.2, -0.15) is 0 Å². The fourth-order valence-corrected chi connectivity index (χ4v) is 2.02. The molecule has 0 heterocycles. The molecule has 0 aliphatic heterocycles. The molecule has 0 saturated heterocycles. The third-order valence-electron chi connectivity index (χ3n) is 3.17. The lowest BCUT2D eigenvalue weighted by Gasteiger charge is -2.21. The molecule has 7 heteroatoms. The van der Waals surface area contributed by atoms with Crippen LogP contribution in [0.1, 0.15) is 32.3 Å². The molecule has 0 aromatic heterocycles. The van der Waals surface area contributed by atoms with E-state index in [0.29, 0.717) is 24.5 Å². The standard InChI is InChI=1S/C18H27NO6/c1-18(2,3)25-17(21)19-12-15(16(20)23-5)13-6-8-14(9-7-13)24-11-10-22-4/h6-9,15H,10-12H2,1-5H3,(H,19,21). The number of carbonyl (C=O) groups is 2. The van der Waals surface area contributed by atoms with Crippen molar-refractivity contribution in [2.75, 3.05) is 34.0 Å². The monoisotopic (exact) mass is 353 g/mol. The van der Waals surface area contributed by atoms with Gasteiger partial charge in [0, 0.05) is 13.7 Å². The quantitative estimate of drug-likeness (QED) is 0.571. The van der Waals surface area contributed by atoms with E-state index >= 15 is 0 Å². The summed E-state index contributed by atoms with van der Waals surface area (Å²) in [7, 11) is 2.91. The van der Waals surface area contributed by atoms with E-state index in [0.717, 1.165) is 0 Å². The van der Waals surface area contributed by atoms with E-state index in [2.05, 4.69) is 5.32 Å². The van der Waals surface area contributed by atoms with Crippen LogP contribution in [-0.2, 0) is 19.0 Å². The maximum absolute atomic E-state index is 12.0. The summed E-state index contributed by atoms with van der Waals surface area (Å²) in [5.74, 6) is -0.404. The van der Waals surface area contributed by atoms with Crippen molar-refractivity contribution in [2.24, 2.45) is 0 Å². The first kappa shape index (κ1) is 20.8. The van der Waals surface area contributed by atoms with Gasteiger partial charge in [-0.1, -0.05) is 12.1 Å². The van der Waals surface area contributed by atoms with E-state index in [1.165, 1.54) is 7.11 Å². The van der Waals surface area contributed by atoms with Gasteiger partial charge in [0.05, 0.1) is 19.6 Å². The predicted octanol–water partition coefficient (Wildman–Crippen LogP) is 2.49. The van der Waals surface area contributed by atoms with Crippen molar-refractivity contribution in [3.63, 3.8) is 0 Å². The van der Waals surface area contributed by atoms with Gasteiger partial charge < -0.3 is 24.3 Å². The van der Waals surface area contributed by atoms with Crippen LogP contribution >= 0.6 is 0 Å². The molecule has 0 aliphatic rings. The van der Waals surface area contributed by atoms with E-state index in [9.17, 15) is 9.59 Å². The molecule has 0 fully saturated rings. The van der Waals surface area contributed by atoms with Gasteiger partial charge in [-0.05, 0) is 38.5 Å². The SMILES string of the molecule is COCCOc1ccc(C(CNC(=O)OC(C)(C)C)C(=O)OC)cc1. The summed E-state index contributed by atoms with van der Waals surface area (Å²) in [6.07, 6.45) is -0.582. The number of nitrogens with one attached hydrogen (secondary N) is 1. The second kappa shape index (κ2) is 9.88. The van der Waals surface area contributed by atoms with Crippen LogP contribution in [-0.4, -0.2) is 51.6 Å². The molecule has 1 N–H and O–H groups in total. The zero-order valence-corrected chi connectivity index (χ0v) is 15.5. The first-order valence-corrected chi connectivity index (χ1v) is 8.03. The van der Waals surface area contributed by atoms with Crippen molar-refractivity contribution in [2.45, 2.75) is 32.3 Å². The van der Waals surface area contributed by atoms with Crippen LogP contribution in [0.3, 0.4) is 0 Å². The molecular formula is C18H27NO6. The number of methoxy groups -OCH3 is 2. The smallest absolute Gasteiger partial charge is 0.407 e. The van der Waals surface area contributed by atoms with Crippen LogP contribution in [0.2, 0.25) is 0 Å². The van der Waals surface area contributed by atoms with Gasteiger partial charge in [-0.15, -0.1) is 0 Å². The summed E-state index contributed by atoms with van der Waals surface area (Å²) < 4.78 is 20.4. The van der Waals surface area contributed by atoms with Crippen molar-refractivity contribution in [1.29, 1.82) is 0 Å². The van der Waals surface area contributed by atoms with E-state index in [4.69, 9.17) is 18.9 Å². The molecule has 140 valence electrons. The van der Waals surface area contributed by atoms with Gasteiger partial charge in [-0.3, -0.25) is 4.79 Å². The fourth-order valence-electron chi connectivity index (χ4n) is 2.02. The average Bonchev–Trinajstić information content (AvgIpc) is 2.54. The number of hydrogen-bond donors (Lipinski definition) is 1. The summed E-state index contributed by atoms with van der Waals surface area (Å²) in [6, 6.07) is 7.05. The van der Waals surface area contributed by atoms with E-state index in [-0.39, 0.29) is 6.54 Å². The Morgan fingerprint density at radius 3 is 2.24 bits per heavy atom. The predicted molar refractivity (Wildman–Crippen MR) is 92.8 cm³/mol. The summed E-state index contributed by atoms with van der Waals surface area (Å²) in [6.45, 7) is 6.32. The lowest BCUT2D eigenvalue weighted by atomic mass is 9.99. The molecule has 7 nitrogen and oxygen atoms in total. The number of amides is 1. The van der Waals surface area contributed by atoms with Crippen LogP contribution in [0.25, 0.3) is 0 Å². The van der Waals surface area contributed by atoms with Crippen LogP contribution in [0.15, 0.2) is 24.3 Å². The molecule has 0 spiro atoms. The minimum atomic E-state index is -0.634. The number of rotatable bonds is 8. The van der Waals surface area contributed by atoms with Gasteiger partial charge in [0.2, 0.25) is 0 Å². The van der Waals surface area contributed by atoms with Crippen LogP contribution in [0.4, 0.5) is 4.79 Å². The Bertz CT molecular complexity index is 550. The number of esters is 1. The molecule has 1 amide bonds. The zero-order chi connectivity index (χ0) is 18.9. The molecule has 0 bridgehead atoms. The van der Waals surface area contributed by atoms with E-state index < -0.39 is 23.6 Å². The summed E-state index contributed by atoms with van der Waals surface area (Å²) in [5, 5.41) is 2.60. The van der Waals surface area contributed by atoms with Crippen LogP contribution in [0, 0.1) is 0 Å². The van der Waals surface area contributed by atoms with E-state index in [1.54, 1.807) is 52.1 Å². The lowest BCUT2D eigenvalue weighted by molar-refractivity contribution is -0.142. The first-order valence-electron chi connectivity index (χ1n) is 8.03. The average molecular weight is 353 g/mol. The molecular weight excluding hydrogens is 326 g/mol. The highest BCUT2D eigenvalue weighted by molar-refractivity contribution is 5.79. The topological polar surface area (TPSA) is 83.1 Å². The molecule has 0 aliphatic carbocycles. The van der Waals surface area contributed by atoms with Crippen LogP contribution in [0.5, 0.6) is 5.75 Å². The fraction of sp³-hybridized carbons (Fsp3) is 0.556. The number of alkyl carbamates (subject to hydrolysis) is 1. The molecule has 1 rings (SSSR count). The summed E-state index contributed by atoms with van der Waals surface area (Å²) in [5.41, 5.74) is 0.105. The van der Waals surface area contributed by atoms with Crippen molar-refractivity contribution in [3.05, 3.63) is 29.8 Å². The Balaban J connectivity index is 2.72. The maximum atomic E-state index is 12.0. The third kappa shape index (κ3) is 7.89. The lowest BCUT2D eigenvalue weighted by Crippen LogP contribution is -2.36.